The van der Waals surface area contributed by atoms with E-state index < -0.39 is 0 Å². The minimum absolute atomic E-state index is 0.315. The molecule has 1 aromatic heterocycles. The van der Waals surface area contributed by atoms with Crippen LogP contribution in [0, 0.1) is 5.82 Å². The van der Waals surface area contributed by atoms with Crippen LogP contribution in [0.1, 0.15) is 5.69 Å². The van der Waals surface area contributed by atoms with E-state index in [0.29, 0.717) is 12.2 Å². The van der Waals surface area contributed by atoms with Gasteiger partial charge in [-0.1, -0.05) is 15.9 Å². The molecule has 1 heterocycles. The summed E-state index contributed by atoms with van der Waals surface area (Å²) in [5.74, 6) is -0.315. The molecule has 0 amide bonds. The average Bonchev–Trinajstić information content (AvgIpc) is 2.70. The van der Waals surface area contributed by atoms with Crippen molar-refractivity contribution >= 4 is 15.9 Å². The molecule has 0 saturated carbocycles. The quantitative estimate of drug-likeness (QED) is 0.909. The third-order valence-corrected chi connectivity index (χ3v) is 2.50. The van der Waals surface area contributed by atoms with Gasteiger partial charge in [0.25, 0.3) is 0 Å². The zero-order valence-electron chi connectivity index (χ0n) is 7.82. The Labute approximate surface area is 94.8 Å². The highest BCUT2D eigenvalue weighted by atomic mass is 79.9. The molecule has 78 valence electrons. The molecule has 2 rings (SSSR count). The first-order valence-corrected chi connectivity index (χ1v) is 5.20. The maximum Gasteiger partial charge on any atom is 0.148 e. The summed E-state index contributed by atoms with van der Waals surface area (Å²) in [5.41, 5.74) is 6.57. The number of hydrogen-bond acceptors (Lipinski definition) is 2. The summed E-state index contributed by atoms with van der Waals surface area (Å²) in [6.45, 7) is 0.350. The predicted octanol–water partition coefficient (Wildman–Crippen LogP) is 2.23. The molecule has 0 unspecified atom stereocenters. The summed E-state index contributed by atoms with van der Waals surface area (Å²) < 4.78 is 15.7. The molecule has 0 bridgehead atoms. The Morgan fingerprint density at radius 1 is 1.40 bits per heavy atom. The number of aromatic nitrogens is 2. The summed E-state index contributed by atoms with van der Waals surface area (Å²) in [7, 11) is 0. The van der Waals surface area contributed by atoms with Crippen LogP contribution in [0.25, 0.3) is 5.69 Å². The minimum Gasteiger partial charge on any atom is -0.325 e. The Kier molecular flexibility index (Phi) is 2.83. The fourth-order valence-electron chi connectivity index (χ4n) is 1.27. The molecule has 15 heavy (non-hydrogen) atoms. The van der Waals surface area contributed by atoms with Crippen LogP contribution >= 0.6 is 15.9 Å². The third kappa shape index (κ3) is 2.08. The van der Waals surface area contributed by atoms with E-state index in [-0.39, 0.29) is 5.82 Å². The van der Waals surface area contributed by atoms with Gasteiger partial charge < -0.3 is 5.73 Å². The highest BCUT2D eigenvalue weighted by Gasteiger charge is 2.06. The molecule has 2 N–H and O–H groups in total. The van der Waals surface area contributed by atoms with E-state index in [2.05, 4.69) is 21.0 Å². The lowest BCUT2D eigenvalue weighted by Gasteiger charge is -2.03. The van der Waals surface area contributed by atoms with Crippen molar-refractivity contribution in [2.24, 2.45) is 5.73 Å². The molecule has 0 aliphatic carbocycles. The van der Waals surface area contributed by atoms with Crippen LogP contribution in [0.15, 0.2) is 34.9 Å². The average molecular weight is 270 g/mol. The van der Waals surface area contributed by atoms with E-state index >= 15 is 0 Å². The SMILES string of the molecule is NCc1ccn(-c2cc(Br)ccc2F)n1. The molecule has 0 radical (unpaired) electrons. The fraction of sp³-hybridized carbons (Fsp3) is 0.100. The molecule has 5 heteroatoms. The van der Waals surface area contributed by atoms with E-state index in [1.807, 2.05) is 0 Å². The largest absolute Gasteiger partial charge is 0.325 e. The Morgan fingerprint density at radius 3 is 2.87 bits per heavy atom. The number of hydrogen-bond donors (Lipinski definition) is 1. The van der Waals surface area contributed by atoms with Gasteiger partial charge >= 0.3 is 0 Å². The van der Waals surface area contributed by atoms with Crippen molar-refractivity contribution in [3.8, 4) is 5.69 Å². The molecule has 0 atom stereocenters. The highest BCUT2D eigenvalue weighted by Crippen LogP contribution is 2.18. The Morgan fingerprint density at radius 2 is 2.20 bits per heavy atom. The number of halogens is 2. The normalized spacial score (nSPS) is 10.6. The van der Waals surface area contributed by atoms with Gasteiger partial charge in [-0.3, -0.25) is 0 Å². The molecule has 2 aromatic rings. The van der Waals surface area contributed by atoms with Gasteiger partial charge in [0.1, 0.15) is 11.5 Å². The summed E-state index contributed by atoms with van der Waals surface area (Å²) in [6, 6.07) is 6.47. The molecular weight excluding hydrogens is 261 g/mol. The zero-order chi connectivity index (χ0) is 10.8. The smallest absolute Gasteiger partial charge is 0.148 e. The van der Waals surface area contributed by atoms with Crippen LogP contribution in [0.4, 0.5) is 4.39 Å². The zero-order valence-corrected chi connectivity index (χ0v) is 9.41. The number of nitrogens with zero attached hydrogens (tertiary/aromatic N) is 2. The summed E-state index contributed by atoms with van der Waals surface area (Å²) >= 11 is 3.28. The van der Waals surface area contributed by atoms with Gasteiger partial charge in [0.15, 0.2) is 0 Å². The van der Waals surface area contributed by atoms with Gasteiger partial charge in [0.05, 0.1) is 5.69 Å². The summed E-state index contributed by atoms with van der Waals surface area (Å²) in [5, 5.41) is 4.13. The molecule has 0 aliphatic rings. The summed E-state index contributed by atoms with van der Waals surface area (Å²) in [6.07, 6.45) is 1.69. The second-order valence-corrected chi connectivity index (χ2v) is 3.97. The summed E-state index contributed by atoms with van der Waals surface area (Å²) in [4.78, 5) is 0. The highest BCUT2D eigenvalue weighted by molar-refractivity contribution is 9.10. The Balaban J connectivity index is 2.48. The topological polar surface area (TPSA) is 43.8 Å². The van der Waals surface area contributed by atoms with Crippen LogP contribution in [-0.4, -0.2) is 9.78 Å². The van der Waals surface area contributed by atoms with Crippen molar-refractivity contribution in [1.82, 2.24) is 9.78 Å². The van der Waals surface area contributed by atoms with Crippen molar-refractivity contribution in [2.75, 3.05) is 0 Å². The Bertz CT molecular complexity index is 481. The lowest BCUT2D eigenvalue weighted by Crippen LogP contribution is -2.02. The molecule has 0 fully saturated rings. The van der Waals surface area contributed by atoms with E-state index in [1.165, 1.54) is 10.7 Å². The van der Waals surface area contributed by atoms with Gasteiger partial charge in [-0.15, -0.1) is 0 Å². The van der Waals surface area contributed by atoms with Gasteiger partial charge in [-0.2, -0.15) is 5.10 Å². The second kappa shape index (κ2) is 4.12. The molecule has 3 nitrogen and oxygen atoms in total. The minimum atomic E-state index is -0.315. The molecule has 1 aromatic carbocycles. The second-order valence-electron chi connectivity index (χ2n) is 3.05. The molecule has 0 spiro atoms. The standard InChI is InChI=1S/C10H9BrFN3/c11-7-1-2-9(12)10(5-7)15-4-3-8(6-13)14-15/h1-5H,6,13H2. The van der Waals surface area contributed by atoms with Crippen LogP contribution in [0.3, 0.4) is 0 Å². The first-order chi connectivity index (χ1) is 7.20. The fourth-order valence-corrected chi connectivity index (χ4v) is 1.62. The van der Waals surface area contributed by atoms with Crippen molar-refractivity contribution in [3.63, 3.8) is 0 Å². The number of benzene rings is 1. The number of nitrogens with two attached hydrogens (primary N) is 1. The first kappa shape index (κ1) is 10.3. The van der Waals surface area contributed by atoms with Gasteiger partial charge in [-0.25, -0.2) is 9.07 Å². The van der Waals surface area contributed by atoms with E-state index in [9.17, 15) is 4.39 Å². The number of rotatable bonds is 2. The monoisotopic (exact) mass is 269 g/mol. The molecule has 0 aliphatic heterocycles. The van der Waals surface area contributed by atoms with Crippen molar-refractivity contribution in [2.45, 2.75) is 6.54 Å². The van der Waals surface area contributed by atoms with Crippen molar-refractivity contribution in [3.05, 3.63) is 46.4 Å². The van der Waals surface area contributed by atoms with Crippen LogP contribution in [-0.2, 0) is 6.54 Å². The molecular formula is C10H9BrFN3. The third-order valence-electron chi connectivity index (χ3n) is 2.01. The van der Waals surface area contributed by atoms with Gasteiger partial charge in [0.2, 0.25) is 0 Å². The lowest BCUT2D eigenvalue weighted by atomic mass is 10.3. The van der Waals surface area contributed by atoms with E-state index in [4.69, 9.17) is 5.73 Å². The first-order valence-electron chi connectivity index (χ1n) is 4.41. The van der Waals surface area contributed by atoms with Crippen LogP contribution in [0.5, 0.6) is 0 Å². The maximum atomic E-state index is 13.5. The van der Waals surface area contributed by atoms with Crippen LogP contribution < -0.4 is 5.73 Å². The van der Waals surface area contributed by atoms with Crippen LogP contribution in [0.2, 0.25) is 0 Å². The van der Waals surface area contributed by atoms with E-state index in [0.717, 1.165) is 10.2 Å². The lowest BCUT2D eigenvalue weighted by molar-refractivity contribution is 0.609. The van der Waals surface area contributed by atoms with Gasteiger partial charge in [0, 0.05) is 17.2 Å². The predicted molar refractivity (Wildman–Crippen MR) is 59.1 cm³/mol. The maximum absolute atomic E-state index is 13.5. The van der Waals surface area contributed by atoms with Gasteiger partial charge in [-0.05, 0) is 24.3 Å². The van der Waals surface area contributed by atoms with Crippen molar-refractivity contribution in [1.29, 1.82) is 0 Å². The Hall–Kier alpha value is -1.20. The molecule has 0 saturated heterocycles. The van der Waals surface area contributed by atoms with E-state index in [1.54, 1.807) is 24.4 Å². The van der Waals surface area contributed by atoms with Crippen molar-refractivity contribution < 1.29 is 4.39 Å².